The Bertz CT molecular complexity index is 554. The molecule has 7 atom stereocenters. The fourth-order valence-corrected chi connectivity index (χ4v) is 4.53. The summed E-state index contributed by atoms with van der Waals surface area (Å²) in [5, 5.41) is 21.4. The quantitative estimate of drug-likeness (QED) is 0.289. The zero-order valence-electron chi connectivity index (χ0n) is 11.3. The van der Waals surface area contributed by atoms with Crippen LogP contribution in [0.5, 0.6) is 0 Å². The van der Waals surface area contributed by atoms with E-state index in [1.807, 2.05) is 6.92 Å². The van der Waals surface area contributed by atoms with Gasteiger partial charge in [-0.15, -0.1) is 0 Å². The van der Waals surface area contributed by atoms with Crippen LogP contribution < -0.4 is 0 Å². The second-order valence-corrected chi connectivity index (χ2v) is 6.69. The molecule has 2 saturated carbocycles. The van der Waals surface area contributed by atoms with Crippen LogP contribution in [0, 0.1) is 11.8 Å². The number of esters is 1. The maximum atomic E-state index is 11.8. The van der Waals surface area contributed by atoms with Gasteiger partial charge in [-0.1, -0.05) is 13.2 Å². The van der Waals surface area contributed by atoms with Crippen molar-refractivity contribution < 1.29 is 24.5 Å². The second kappa shape index (κ2) is 3.35. The van der Waals surface area contributed by atoms with Crippen molar-refractivity contribution in [3.63, 3.8) is 0 Å². The topological polar surface area (TPSA) is 79.3 Å². The first-order valence-corrected chi connectivity index (χ1v) is 6.95. The normalized spacial score (nSPS) is 56.8. The minimum Gasteiger partial charge on any atom is -0.458 e. The molecule has 4 rings (SSSR count). The van der Waals surface area contributed by atoms with Crippen LogP contribution in [0.15, 0.2) is 24.3 Å². The predicted molar refractivity (Wildman–Crippen MR) is 68.6 cm³/mol. The molecule has 0 aromatic rings. The van der Waals surface area contributed by atoms with Crippen molar-refractivity contribution in [3.8, 4) is 0 Å². The highest BCUT2D eigenvalue weighted by molar-refractivity contribution is 5.91. The first-order chi connectivity index (χ1) is 9.29. The molecular formula is C15H18O5. The molecule has 2 N–H and O–H groups in total. The average molecular weight is 278 g/mol. The second-order valence-electron chi connectivity index (χ2n) is 6.69. The van der Waals surface area contributed by atoms with Gasteiger partial charge in [0, 0.05) is 12.0 Å². The van der Waals surface area contributed by atoms with Gasteiger partial charge in [0.05, 0.1) is 29.6 Å². The number of fused-ring (bicyclic) bond motifs is 5. The van der Waals surface area contributed by atoms with Crippen molar-refractivity contribution in [1.82, 2.24) is 0 Å². The summed E-state index contributed by atoms with van der Waals surface area (Å²) in [5.74, 6) is -1.36. The molecule has 0 unspecified atom stereocenters. The minimum absolute atomic E-state index is 0.0299. The Kier molecular flexibility index (Phi) is 2.10. The molecule has 0 aromatic heterocycles. The number of carbonyl (C=O) groups is 1. The maximum Gasteiger partial charge on any atom is 0.334 e. The highest BCUT2D eigenvalue weighted by Crippen LogP contribution is 2.64. The van der Waals surface area contributed by atoms with Crippen molar-refractivity contribution in [1.29, 1.82) is 0 Å². The van der Waals surface area contributed by atoms with E-state index in [9.17, 15) is 15.0 Å². The van der Waals surface area contributed by atoms with Crippen LogP contribution in [-0.4, -0.2) is 45.7 Å². The minimum atomic E-state index is -1.14. The predicted octanol–water partition coefficient (Wildman–Crippen LogP) is 0.313. The van der Waals surface area contributed by atoms with Gasteiger partial charge in [-0.2, -0.15) is 0 Å². The van der Waals surface area contributed by atoms with E-state index in [0.29, 0.717) is 12.0 Å². The third kappa shape index (κ3) is 1.22. The lowest BCUT2D eigenvalue weighted by molar-refractivity contribution is -0.149. The summed E-state index contributed by atoms with van der Waals surface area (Å²) in [6.45, 7) is 9.64. The number of rotatable bonds is 0. The summed E-state index contributed by atoms with van der Waals surface area (Å²) in [7, 11) is 0. The van der Waals surface area contributed by atoms with Gasteiger partial charge >= 0.3 is 5.97 Å². The summed E-state index contributed by atoms with van der Waals surface area (Å²) in [5.41, 5.74) is -0.754. The number of aliphatic hydroxyl groups is 2. The van der Waals surface area contributed by atoms with E-state index < -0.39 is 41.2 Å². The molecule has 4 aliphatic rings. The summed E-state index contributed by atoms with van der Waals surface area (Å²) >= 11 is 0. The number of aliphatic hydroxyl groups excluding tert-OH is 1. The van der Waals surface area contributed by atoms with Crippen LogP contribution in [0.3, 0.4) is 0 Å². The van der Waals surface area contributed by atoms with Crippen molar-refractivity contribution >= 4 is 5.97 Å². The van der Waals surface area contributed by atoms with E-state index in [0.717, 1.165) is 0 Å². The van der Waals surface area contributed by atoms with E-state index in [1.165, 1.54) is 0 Å². The van der Waals surface area contributed by atoms with Gasteiger partial charge in [0.1, 0.15) is 11.7 Å². The SMILES string of the molecule is C=C1C(=O)O[C@H]2[C@@H]1[C@@H](O)CC(=C)[C@]1(O)C[C@@H]3O[C@]3(C)[C@H]21. The molecule has 20 heavy (non-hydrogen) atoms. The molecule has 2 heterocycles. The molecule has 0 amide bonds. The number of ether oxygens (including phenoxy) is 2. The smallest absolute Gasteiger partial charge is 0.334 e. The van der Waals surface area contributed by atoms with Crippen LogP contribution in [0.2, 0.25) is 0 Å². The molecule has 2 saturated heterocycles. The van der Waals surface area contributed by atoms with Crippen molar-refractivity contribution in [2.75, 3.05) is 0 Å². The van der Waals surface area contributed by atoms with Crippen molar-refractivity contribution in [2.45, 2.75) is 49.3 Å². The lowest BCUT2D eigenvalue weighted by atomic mass is 9.75. The Morgan fingerprint density at radius 3 is 2.80 bits per heavy atom. The Hall–Kier alpha value is -1.17. The van der Waals surface area contributed by atoms with Gasteiger partial charge in [0.2, 0.25) is 0 Å². The Morgan fingerprint density at radius 2 is 2.10 bits per heavy atom. The number of hydrogen-bond donors (Lipinski definition) is 2. The number of epoxide rings is 1. The summed E-state index contributed by atoms with van der Waals surface area (Å²) in [4.78, 5) is 11.8. The van der Waals surface area contributed by atoms with Gasteiger partial charge in [-0.25, -0.2) is 4.79 Å². The Morgan fingerprint density at radius 1 is 1.40 bits per heavy atom. The van der Waals surface area contributed by atoms with E-state index in [2.05, 4.69) is 13.2 Å². The summed E-state index contributed by atoms with van der Waals surface area (Å²) in [6, 6.07) is 0. The van der Waals surface area contributed by atoms with E-state index in [-0.39, 0.29) is 18.1 Å². The van der Waals surface area contributed by atoms with Crippen LogP contribution in [-0.2, 0) is 14.3 Å². The molecule has 4 fully saturated rings. The summed E-state index contributed by atoms with van der Waals surface area (Å²) < 4.78 is 11.1. The molecule has 0 spiro atoms. The lowest BCUT2D eigenvalue weighted by Gasteiger charge is -2.37. The molecule has 5 heteroatoms. The van der Waals surface area contributed by atoms with Gasteiger partial charge < -0.3 is 19.7 Å². The molecule has 2 aliphatic heterocycles. The lowest BCUT2D eigenvalue weighted by Crippen LogP contribution is -2.48. The van der Waals surface area contributed by atoms with Crippen molar-refractivity contribution in [2.24, 2.45) is 11.8 Å². The maximum absolute atomic E-state index is 11.8. The third-order valence-electron chi connectivity index (χ3n) is 5.68. The molecular weight excluding hydrogens is 260 g/mol. The first-order valence-electron chi connectivity index (χ1n) is 6.95. The zero-order chi connectivity index (χ0) is 14.4. The Labute approximate surface area is 116 Å². The highest BCUT2D eigenvalue weighted by atomic mass is 16.6. The molecule has 5 nitrogen and oxygen atoms in total. The van der Waals surface area contributed by atoms with Crippen LogP contribution in [0.4, 0.5) is 0 Å². The number of carbonyl (C=O) groups excluding carboxylic acids is 1. The largest absolute Gasteiger partial charge is 0.458 e. The monoisotopic (exact) mass is 278 g/mol. The van der Waals surface area contributed by atoms with Crippen LogP contribution in [0.25, 0.3) is 0 Å². The van der Waals surface area contributed by atoms with Crippen molar-refractivity contribution in [3.05, 3.63) is 24.3 Å². The van der Waals surface area contributed by atoms with E-state index in [4.69, 9.17) is 9.47 Å². The van der Waals surface area contributed by atoms with Gasteiger partial charge in [0.25, 0.3) is 0 Å². The molecule has 108 valence electrons. The van der Waals surface area contributed by atoms with E-state index >= 15 is 0 Å². The first kappa shape index (κ1) is 12.6. The van der Waals surface area contributed by atoms with E-state index in [1.54, 1.807) is 0 Å². The molecule has 0 bridgehead atoms. The van der Waals surface area contributed by atoms with Gasteiger partial charge in [-0.3, -0.25) is 0 Å². The molecule has 0 radical (unpaired) electrons. The standard InChI is InChI=1S/C15H18O5/c1-6-4-8(16)10-7(2)13(17)19-11(10)12-14(3)9(20-14)5-15(6,12)18/h8-12,16,18H,1-2,4-5H2,3H3/t8-,9-,10-,11-,12-,14-,15+/m0/s1. The van der Waals surface area contributed by atoms with Crippen LogP contribution in [0.1, 0.15) is 19.8 Å². The number of hydrogen-bond acceptors (Lipinski definition) is 5. The molecule has 2 aliphatic carbocycles. The molecule has 0 aromatic carbocycles. The van der Waals surface area contributed by atoms with Gasteiger partial charge in [-0.05, 0) is 18.9 Å². The fourth-order valence-electron chi connectivity index (χ4n) is 4.53. The zero-order valence-corrected chi connectivity index (χ0v) is 11.3. The average Bonchev–Trinajstić information content (AvgIpc) is 2.80. The van der Waals surface area contributed by atoms with Crippen LogP contribution >= 0.6 is 0 Å². The highest BCUT2D eigenvalue weighted by Gasteiger charge is 2.76. The Balaban J connectivity index is 1.85. The summed E-state index contributed by atoms with van der Waals surface area (Å²) in [6.07, 6.45) is -0.717. The van der Waals surface area contributed by atoms with Gasteiger partial charge in [0.15, 0.2) is 0 Å². The third-order valence-corrected chi connectivity index (χ3v) is 5.68. The fraction of sp³-hybridized carbons (Fsp3) is 0.667.